The molecule has 0 saturated carbocycles. The van der Waals surface area contributed by atoms with Crippen molar-refractivity contribution in [2.24, 2.45) is 16.8 Å². The first-order chi connectivity index (χ1) is 10.0. The van der Waals surface area contributed by atoms with Gasteiger partial charge in [0, 0.05) is 13.6 Å². The number of oxime groups is 1. The molecule has 1 aromatic rings. The molecule has 0 aromatic heterocycles. The van der Waals surface area contributed by atoms with Gasteiger partial charge in [-0.25, -0.2) is 0 Å². The zero-order chi connectivity index (χ0) is 15.8. The van der Waals surface area contributed by atoms with E-state index in [4.69, 9.17) is 15.7 Å². The second-order valence-corrected chi connectivity index (χ2v) is 4.91. The van der Waals surface area contributed by atoms with E-state index in [1.165, 1.54) is 0 Å². The quantitative estimate of drug-likeness (QED) is 0.347. The molecule has 21 heavy (non-hydrogen) atoms. The molecule has 6 nitrogen and oxygen atoms in total. The van der Waals surface area contributed by atoms with Gasteiger partial charge in [0.1, 0.15) is 5.75 Å². The fraction of sp³-hybridized carbons (Fsp3) is 0.467. The Hall–Kier alpha value is -2.24. The second-order valence-electron chi connectivity index (χ2n) is 4.91. The van der Waals surface area contributed by atoms with Crippen molar-refractivity contribution in [3.05, 3.63) is 29.8 Å². The molecule has 0 fully saturated rings. The number of nitrogens with two attached hydrogens (primary N) is 1. The van der Waals surface area contributed by atoms with Crippen molar-refractivity contribution in [1.29, 1.82) is 0 Å². The van der Waals surface area contributed by atoms with Crippen LogP contribution in [-0.4, -0.2) is 36.0 Å². The average Bonchev–Trinajstić information content (AvgIpc) is 2.51. The first-order valence-corrected chi connectivity index (χ1v) is 6.88. The fourth-order valence-electron chi connectivity index (χ4n) is 2.14. The van der Waals surface area contributed by atoms with Gasteiger partial charge in [0.05, 0.1) is 13.0 Å². The number of hydrogen-bond acceptors (Lipinski definition) is 4. The molecular formula is C15H23N3O3. The third-order valence-electron chi connectivity index (χ3n) is 3.28. The standard InChI is InChI=1S/C15H23N3O3/c1-4-6-13(14(16)17-20)15(19)18(2)10-11-7-5-8-12(9-11)21-3/h5,7-9,13,20H,4,6,10H2,1-3H3,(H2,16,17). The van der Waals surface area contributed by atoms with Crippen LogP contribution in [0.4, 0.5) is 0 Å². The van der Waals surface area contributed by atoms with E-state index in [0.717, 1.165) is 17.7 Å². The smallest absolute Gasteiger partial charge is 0.233 e. The summed E-state index contributed by atoms with van der Waals surface area (Å²) in [6, 6.07) is 7.52. The van der Waals surface area contributed by atoms with Crippen molar-refractivity contribution in [3.8, 4) is 5.75 Å². The maximum atomic E-state index is 12.4. The van der Waals surface area contributed by atoms with Crippen molar-refractivity contribution in [1.82, 2.24) is 4.90 Å². The van der Waals surface area contributed by atoms with Gasteiger partial charge in [-0.3, -0.25) is 4.79 Å². The van der Waals surface area contributed by atoms with E-state index < -0.39 is 5.92 Å². The third-order valence-corrected chi connectivity index (χ3v) is 3.28. The van der Waals surface area contributed by atoms with Gasteiger partial charge in [-0.15, -0.1) is 0 Å². The molecule has 0 aliphatic rings. The number of benzene rings is 1. The number of carbonyl (C=O) groups is 1. The SMILES string of the molecule is CCCC(C(=O)N(C)Cc1cccc(OC)c1)C(N)=NO. The molecule has 0 bridgehead atoms. The van der Waals surface area contributed by atoms with E-state index in [2.05, 4.69) is 5.16 Å². The highest BCUT2D eigenvalue weighted by molar-refractivity contribution is 6.01. The minimum Gasteiger partial charge on any atom is -0.497 e. The zero-order valence-electron chi connectivity index (χ0n) is 12.7. The van der Waals surface area contributed by atoms with Crippen LogP contribution in [0.3, 0.4) is 0 Å². The Labute approximate surface area is 125 Å². The van der Waals surface area contributed by atoms with Crippen molar-refractivity contribution >= 4 is 11.7 Å². The molecule has 1 unspecified atom stereocenters. The predicted molar refractivity (Wildman–Crippen MR) is 81.3 cm³/mol. The minimum atomic E-state index is -0.587. The largest absolute Gasteiger partial charge is 0.497 e. The van der Waals surface area contributed by atoms with Crippen molar-refractivity contribution < 1.29 is 14.7 Å². The first-order valence-electron chi connectivity index (χ1n) is 6.88. The van der Waals surface area contributed by atoms with E-state index in [9.17, 15) is 4.79 Å². The van der Waals surface area contributed by atoms with Crippen molar-refractivity contribution in [2.45, 2.75) is 26.3 Å². The van der Waals surface area contributed by atoms with Crippen LogP contribution in [-0.2, 0) is 11.3 Å². The summed E-state index contributed by atoms with van der Waals surface area (Å²) < 4.78 is 5.16. The maximum Gasteiger partial charge on any atom is 0.233 e. The van der Waals surface area contributed by atoms with E-state index in [-0.39, 0.29) is 11.7 Å². The molecule has 1 rings (SSSR count). The molecule has 3 N–H and O–H groups in total. The Balaban J connectivity index is 2.80. The van der Waals surface area contributed by atoms with Crippen molar-refractivity contribution in [3.63, 3.8) is 0 Å². The second kappa shape index (κ2) is 8.14. The van der Waals surface area contributed by atoms with Crippen LogP contribution < -0.4 is 10.5 Å². The predicted octanol–water partition coefficient (Wildman–Crippen LogP) is 1.82. The molecule has 1 amide bonds. The van der Waals surface area contributed by atoms with Gasteiger partial charge in [-0.2, -0.15) is 0 Å². The summed E-state index contributed by atoms with van der Waals surface area (Å²) in [5, 5.41) is 11.8. The third kappa shape index (κ3) is 4.66. The van der Waals surface area contributed by atoms with Crippen LogP contribution in [0.25, 0.3) is 0 Å². The Bertz CT molecular complexity index is 503. The van der Waals surface area contributed by atoms with Crippen molar-refractivity contribution in [2.75, 3.05) is 14.2 Å². The highest BCUT2D eigenvalue weighted by Crippen LogP contribution is 2.16. The van der Waals surface area contributed by atoms with Gasteiger partial charge in [-0.1, -0.05) is 30.6 Å². The lowest BCUT2D eigenvalue weighted by atomic mass is 10.0. The molecule has 116 valence electrons. The fourth-order valence-corrected chi connectivity index (χ4v) is 2.14. The summed E-state index contributed by atoms with van der Waals surface area (Å²) in [6.45, 7) is 2.39. The molecule has 0 heterocycles. The normalized spacial score (nSPS) is 12.8. The molecule has 0 radical (unpaired) electrons. The number of methoxy groups -OCH3 is 1. The lowest BCUT2D eigenvalue weighted by molar-refractivity contribution is -0.132. The number of nitrogens with zero attached hydrogens (tertiary/aromatic N) is 2. The van der Waals surface area contributed by atoms with E-state index in [1.54, 1.807) is 19.1 Å². The molecule has 6 heteroatoms. The van der Waals surface area contributed by atoms with Crippen LogP contribution in [0.2, 0.25) is 0 Å². The summed E-state index contributed by atoms with van der Waals surface area (Å²) in [5.74, 6) is -0.0418. The molecule has 1 atom stereocenters. The Morgan fingerprint density at radius 1 is 1.52 bits per heavy atom. The maximum absolute atomic E-state index is 12.4. The van der Waals surface area contributed by atoms with Crippen LogP contribution in [0.1, 0.15) is 25.3 Å². The highest BCUT2D eigenvalue weighted by atomic mass is 16.5. The molecule has 0 saturated heterocycles. The molecule has 1 aromatic carbocycles. The van der Waals surface area contributed by atoms with Crippen LogP contribution in [0.15, 0.2) is 29.4 Å². The lowest BCUT2D eigenvalue weighted by Gasteiger charge is -2.23. The number of hydrogen-bond donors (Lipinski definition) is 2. The summed E-state index contributed by atoms with van der Waals surface area (Å²) in [5.41, 5.74) is 6.57. The average molecular weight is 293 g/mol. The monoisotopic (exact) mass is 293 g/mol. The van der Waals surface area contributed by atoms with Gasteiger partial charge in [0.25, 0.3) is 0 Å². The first kappa shape index (κ1) is 16.8. The van der Waals surface area contributed by atoms with Crippen LogP contribution in [0.5, 0.6) is 5.75 Å². The molecule has 0 aliphatic carbocycles. The Morgan fingerprint density at radius 3 is 2.81 bits per heavy atom. The zero-order valence-corrected chi connectivity index (χ0v) is 12.7. The number of rotatable bonds is 7. The number of amides is 1. The summed E-state index contributed by atoms with van der Waals surface area (Å²) in [6.07, 6.45) is 1.33. The lowest BCUT2D eigenvalue weighted by Crippen LogP contribution is -2.39. The van der Waals surface area contributed by atoms with Gasteiger partial charge in [0.15, 0.2) is 5.84 Å². The molecule has 0 spiro atoms. The van der Waals surface area contributed by atoms with Crippen LogP contribution in [0, 0.1) is 5.92 Å². The van der Waals surface area contributed by atoms with Gasteiger partial charge in [-0.05, 0) is 24.1 Å². The molecular weight excluding hydrogens is 270 g/mol. The number of amidine groups is 1. The van der Waals surface area contributed by atoms with E-state index in [1.807, 2.05) is 31.2 Å². The van der Waals surface area contributed by atoms with Gasteiger partial charge in [0.2, 0.25) is 5.91 Å². The number of carbonyl (C=O) groups excluding carboxylic acids is 1. The Morgan fingerprint density at radius 2 is 2.24 bits per heavy atom. The Kier molecular flexibility index (Phi) is 6.52. The summed E-state index contributed by atoms with van der Waals surface area (Å²) in [7, 11) is 3.30. The van der Waals surface area contributed by atoms with E-state index in [0.29, 0.717) is 13.0 Å². The number of ether oxygens (including phenoxy) is 1. The van der Waals surface area contributed by atoms with Gasteiger partial charge >= 0.3 is 0 Å². The van der Waals surface area contributed by atoms with E-state index >= 15 is 0 Å². The van der Waals surface area contributed by atoms with Crippen LogP contribution >= 0.6 is 0 Å². The minimum absolute atomic E-state index is 0.0423. The summed E-state index contributed by atoms with van der Waals surface area (Å²) in [4.78, 5) is 14.0. The molecule has 0 aliphatic heterocycles. The highest BCUT2D eigenvalue weighted by Gasteiger charge is 2.25. The topological polar surface area (TPSA) is 88.2 Å². The summed E-state index contributed by atoms with van der Waals surface area (Å²) >= 11 is 0. The van der Waals surface area contributed by atoms with Gasteiger partial charge < -0.3 is 20.6 Å².